The summed E-state index contributed by atoms with van der Waals surface area (Å²) >= 11 is 0. The van der Waals surface area contributed by atoms with Gasteiger partial charge in [-0.3, -0.25) is 4.79 Å². The van der Waals surface area contributed by atoms with Crippen molar-refractivity contribution >= 4 is 11.9 Å². The number of aromatic nitrogens is 2. The van der Waals surface area contributed by atoms with Gasteiger partial charge in [0.2, 0.25) is 5.95 Å². The largest absolute Gasteiger partial charge is 0.456 e. The molecule has 1 amide bonds. The summed E-state index contributed by atoms with van der Waals surface area (Å²) in [4.78, 5) is 25.2. The van der Waals surface area contributed by atoms with E-state index in [1.165, 1.54) is 0 Å². The van der Waals surface area contributed by atoms with Crippen molar-refractivity contribution in [2.45, 2.75) is 6.92 Å². The molecule has 0 bridgehead atoms. The molecule has 0 radical (unpaired) electrons. The monoisotopic (exact) mass is 298 g/mol. The zero-order valence-electron chi connectivity index (χ0n) is 12.5. The van der Waals surface area contributed by atoms with E-state index in [9.17, 15) is 4.79 Å². The van der Waals surface area contributed by atoms with Gasteiger partial charge in [-0.05, 0) is 25.1 Å². The molecule has 0 saturated carbocycles. The van der Waals surface area contributed by atoms with Gasteiger partial charge >= 0.3 is 0 Å². The van der Waals surface area contributed by atoms with Crippen molar-refractivity contribution in [3.05, 3.63) is 42.1 Å². The molecule has 0 unspecified atom stereocenters. The van der Waals surface area contributed by atoms with E-state index < -0.39 is 0 Å². The molecule has 2 aliphatic rings. The number of nitrogens with zero attached hydrogens (tertiary/aromatic N) is 4. The highest BCUT2D eigenvalue weighted by Crippen LogP contribution is 2.33. The molecule has 2 aromatic rings. The van der Waals surface area contributed by atoms with Crippen molar-refractivity contribution in [3.8, 4) is 0 Å². The molecule has 2 fully saturated rings. The quantitative estimate of drug-likeness (QED) is 0.842. The Labute approximate surface area is 128 Å². The SMILES string of the molecule is Cc1ccc(C(=O)N2C[C@H]3CN(c4ncccn4)C[C@@H]3C2)o1. The Morgan fingerprint density at radius 1 is 1.14 bits per heavy atom. The van der Waals surface area contributed by atoms with Gasteiger partial charge in [0.25, 0.3) is 5.91 Å². The van der Waals surface area contributed by atoms with E-state index in [0.717, 1.165) is 37.9 Å². The summed E-state index contributed by atoms with van der Waals surface area (Å²) in [6.45, 7) is 5.25. The molecule has 114 valence electrons. The molecule has 4 rings (SSSR count). The number of likely N-dealkylation sites (tertiary alicyclic amines) is 1. The second-order valence-electron chi connectivity index (χ2n) is 6.09. The fourth-order valence-electron chi connectivity index (χ4n) is 3.48. The molecule has 4 heterocycles. The number of fused-ring (bicyclic) bond motifs is 1. The number of carbonyl (C=O) groups is 1. The number of anilines is 1. The summed E-state index contributed by atoms with van der Waals surface area (Å²) < 4.78 is 5.45. The molecule has 22 heavy (non-hydrogen) atoms. The zero-order valence-corrected chi connectivity index (χ0v) is 12.5. The standard InChI is InChI=1S/C16H18N4O2/c1-11-3-4-14(22-11)15(21)19-7-12-9-20(10-13(12)8-19)16-17-5-2-6-18-16/h2-6,12-13H,7-10H2,1H3/t12-,13-/m0/s1. The van der Waals surface area contributed by atoms with E-state index in [1.807, 2.05) is 24.0 Å². The predicted octanol–water partition coefficient (Wildman–Crippen LogP) is 1.59. The summed E-state index contributed by atoms with van der Waals surface area (Å²) in [6, 6.07) is 5.42. The third kappa shape index (κ3) is 2.24. The van der Waals surface area contributed by atoms with Gasteiger partial charge in [-0.15, -0.1) is 0 Å². The van der Waals surface area contributed by atoms with Gasteiger partial charge in [-0.1, -0.05) is 0 Å². The van der Waals surface area contributed by atoms with Crippen molar-refractivity contribution in [2.24, 2.45) is 11.8 Å². The predicted molar refractivity (Wildman–Crippen MR) is 80.6 cm³/mol. The van der Waals surface area contributed by atoms with Crippen LogP contribution in [0.2, 0.25) is 0 Å². The third-order valence-corrected chi connectivity index (χ3v) is 4.56. The van der Waals surface area contributed by atoms with Crippen LogP contribution >= 0.6 is 0 Å². The van der Waals surface area contributed by atoms with E-state index >= 15 is 0 Å². The number of amides is 1. The topological polar surface area (TPSA) is 62.5 Å². The molecule has 6 nitrogen and oxygen atoms in total. The van der Waals surface area contributed by atoms with Crippen molar-refractivity contribution in [1.29, 1.82) is 0 Å². The second-order valence-corrected chi connectivity index (χ2v) is 6.09. The fourth-order valence-corrected chi connectivity index (χ4v) is 3.48. The Morgan fingerprint density at radius 3 is 2.41 bits per heavy atom. The maximum atomic E-state index is 12.4. The lowest BCUT2D eigenvalue weighted by molar-refractivity contribution is 0.0749. The van der Waals surface area contributed by atoms with Crippen LogP contribution in [0.15, 0.2) is 35.0 Å². The number of carbonyl (C=O) groups excluding carboxylic acids is 1. The molecule has 2 atom stereocenters. The Bertz CT molecular complexity index is 670. The first kappa shape index (κ1) is 13.3. The van der Waals surface area contributed by atoms with E-state index in [-0.39, 0.29) is 5.91 Å². The van der Waals surface area contributed by atoms with Gasteiger partial charge in [0, 0.05) is 50.4 Å². The average molecular weight is 298 g/mol. The Balaban J connectivity index is 1.42. The normalized spacial score (nSPS) is 23.9. The minimum atomic E-state index is 0.00464. The zero-order chi connectivity index (χ0) is 15.1. The van der Waals surface area contributed by atoms with Gasteiger partial charge in [0.15, 0.2) is 5.76 Å². The van der Waals surface area contributed by atoms with Crippen molar-refractivity contribution in [3.63, 3.8) is 0 Å². The maximum absolute atomic E-state index is 12.4. The lowest BCUT2D eigenvalue weighted by atomic mass is 10.0. The first-order chi connectivity index (χ1) is 10.7. The number of furan rings is 1. The van der Waals surface area contributed by atoms with E-state index in [2.05, 4.69) is 14.9 Å². The van der Waals surface area contributed by atoms with Crippen LogP contribution in [0.4, 0.5) is 5.95 Å². The van der Waals surface area contributed by atoms with Crippen LogP contribution in [0.3, 0.4) is 0 Å². The van der Waals surface area contributed by atoms with Crippen LogP contribution < -0.4 is 4.90 Å². The molecular weight excluding hydrogens is 280 g/mol. The maximum Gasteiger partial charge on any atom is 0.289 e. The van der Waals surface area contributed by atoms with Gasteiger partial charge in [0.05, 0.1) is 0 Å². The number of aryl methyl sites for hydroxylation is 1. The average Bonchev–Trinajstić information content (AvgIpc) is 3.21. The molecular formula is C16H18N4O2. The summed E-state index contributed by atoms with van der Waals surface area (Å²) in [5.41, 5.74) is 0. The second kappa shape index (κ2) is 5.12. The van der Waals surface area contributed by atoms with Crippen LogP contribution in [0, 0.1) is 18.8 Å². The summed E-state index contributed by atoms with van der Waals surface area (Å²) in [7, 11) is 0. The van der Waals surface area contributed by atoms with Crippen LogP contribution in [0.25, 0.3) is 0 Å². The summed E-state index contributed by atoms with van der Waals surface area (Å²) in [5, 5.41) is 0. The molecule has 2 aliphatic heterocycles. The first-order valence-corrected chi connectivity index (χ1v) is 7.58. The van der Waals surface area contributed by atoms with Crippen LogP contribution in [0.1, 0.15) is 16.3 Å². The van der Waals surface area contributed by atoms with Crippen molar-refractivity contribution < 1.29 is 9.21 Å². The molecule has 0 spiro atoms. The summed E-state index contributed by atoms with van der Waals surface area (Å²) in [5.74, 6) is 2.99. The highest BCUT2D eigenvalue weighted by atomic mass is 16.3. The Morgan fingerprint density at radius 2 is 1.82 bits per heavy atom. The Kier molecular flexibility index (Phi) is 3.10. The third-order valence-electron chi connectivity index (χ3n) is 4.56. The lowest BCUT2D eigenvalue weighted by Crippen LogP contribution is -2.33. The summed E-state index contributed by atoms with van der Waals surface area (Å²) in [6.07, 6.45) is 3.54. The van der Waals surface area contributed by atoms with Crippen molar-refractivity contribution in [1.82, 2.24) is 14.9 Å². The molecule has 0 N–H and O–H groups in total. The fraction of sp³-hybridized carbons (Fsp3) is 0.438. The first-order valence-electron chi connectivity index (χ1n) is 7.58. The molecule has 0 aromatic carbocycles. The van der Waals surface area contributed by atoms with E-state index in [1.54, 1.807) is 18.5 Å². The van der Waals surface area contributed by atoms with Crippen LogP contribution in [-0.4, -0.2) is 47.0 Å². The van der Waals surface area contributed by atoms with E-state index in [0.29, 0.717) is 17.6 Å². The minimum Gasteiger partial charge on any atom is -0.456 e. The van der Waals surface area contributed by atoms with Crippen LogP contribution in [-0.2, 0) is 0 Å². The Hall–Kier alpha value is -2.37. The molecule has 0 aliphatic carbocycles. The van der Waals surface area contributed by atoms with Gasteiger partial charge in [-0.2, -0.15) is 0 Å². The molecule has 2 aromatic heterocycles. The van der Waals surface area contributed by atoms with Crippen molar-refractivity contribution in [2.75, 3.05) is 31.1 Å². The highest BCUT2D eigenvalue weighted by Gasteiger charge is 2.42. The molecule has 6 heteroatoms. The van der Waals surface area contributed by atoms with Gasteiger partial charge < -0.3 is 14.2 Å². The van der Waals surface area contributed by atoms with Gasteiger partial charge in [0.1, 0.15) is 5.76 Å². The minimum absolute atomic E-state index is 0.00464. The van der Waals surface area contributed by atoms with Crippen LogP contribution in [0.5, 0.6) is 0 Å². The number of hydrogen-bond donors (Lipinski definition) is 0. The number of rotatable bonds is 2. The lowest BCUT2D eigenvalue weighted by Gasteiger charge is -2.21. The highest BCUT2D eigenvalue weighted by molar-refractivity contribution is 5.91. The number of hydrogen-bond acceptors (Lipinski definition) is 5. The van der Waals surface area contributed by atoms with Gasteiger partial charge in [-0.25, -0.2) is 9.97 Å². The smallest absolute Gasteiger partial charge is 0.289 e. The van der Waals surface area contributed by atoms with E-state index in [4.69, 9.17) is 4.42 Å². The molecule has 2 saturated heterocycles.